The molecule has 2 heterocycles. The third kappa shape index (κ3) is 3.17. The Bertz CT molecular complexity index is 411. The average molecular weight is 269 g/mol. The van der Waals surface area contributed by atoms with Crippen molar-refractivity contribution >= 4 is 22.4 Å². The van der Waals surface area contributed by atoms with Crippen molar-refractivity contribution in [1.82, 2.24) is 20.0 Å². The molecule has 100 valence electrons. The predicted molar refractivity (Wildman–Crippen MR) is 71.5 cm³/mol. The Morgan fingerprint density at radius 3 is 2.50 bits per heavy atom. The van der Waals surface area contributed by atoms with Gasteiger partial charge in [-0.25, -0.2) is 0 Å². The van der Waals surface area contributed by atoms with Crippen molar-refractivity contribution in [2.75, 3.05) is 38.5 Å². The third-order valence-electron chi connectivity index (χ3n) is 2.91. The average Bonchev–Trinajstić information content (AvgIpc) is 2.75. The highest BCUT2D eigenvalue weighted by molar-refractivity contribution is 7.16. The quantitative estimate of drug-likeness (QED) is 0.866. The molecule has 0 atom stereocenters. The van der Waals surface area contributed by atoms with Crippen LogP contribution in [0.2, 0.25) is 0 Å². The SMILES string of the molecule is CC(C)CN1CCN(C(=O)c2nnc(N)s2)CC1. The van der Waals surface area contributed by atoms with Crippen molar-refractivity contribution in [2.24, 2.45) is 5.92 Å². The molecule has 1 saturated heterocycles. The zero-order chi connectivity index (χ0) is 13.1. The van der Waals surface area contributed by atoms with E-state index in [0.29, 0.717) is 16.1 Å². The number of nitrogens with two attached hydrogens (primary N) is 1. The molecule has 1 aliphatic heterocycles. The van der Waals surface area contributed by atoms with Gasteiger partial charge in [0.2, 0.25) is 10.1 Å². The maximum Gasteiger partial charge on any atom is 0.284 e. The van der Waals surface area contributed by atoms with Crippen LogP contribution in [0.5, 0.6) is 0 Å². The first-order valence-corrected chi connectivity index (χ1v) is 6.98. The predicted octanol–water partition coefficient (Wildman–Crippen LogP) is 0.534. The zero-order valence-electron chi connectivity index (χ0n) is 10.8. The van der Waals surface area contributed by atoms with Gasteiger partial charge in [0.25, 0.3) is 5.91 Å². The second-order valence-corrected chi connectivity index (χ2v) is 5.94. The number of anilines is 1. The van der Waals surface area contributed by atoms with Crippen molar-refractivity contribution in [2.45, 2.75) is 13.8 Å². The first-order valence-electron chi connectivity index (χ1n) is 6.17. The molecule has 1 aliphatic rings. The number of piperazine rings is 1. The summed E-state index contributed by atoms with van der Waals surface area (Å²) in [7, 11) is 0. The van der Waals surface area contributed by atoms with Gasteiger partial charge in [0.05, 0.1) is 0 Å². The van der Waals surface area contributed by atoms with Gasteiger partial charge >= 0.3 is 0 Å². The van der Waals surface area contributed by atoms with Crippen LogP contribution in [0, 0.1) is 5.92 Å². The lowest BCUT2D eigenvalue weighted by Crippen LogP contribution is -2.49. The van der Waals surface area contributed by atoms with E-state index >= 15 is 0 Å². The highest BCUT2D eigenvalue weighted by atomic mass is 32.1. The van der Waals surface area contributed by atoms with Gasteiger partial charge in [-0.3, -0.25) is 9.69 Å². The lowest BCUT2D eigenvalue weighted by atomic mass is 10.2. The van der Waals surface area contributed by atoms with Gasteiger partial charge in [-0.2, -0.15) is 0 Å². The molecule has 2 rings (SSSR count). The van der Waals surface area contributed by atoms with Gasteiger partial charge in [-0.15, -0.1) is 10.2 Å². The number of nitrogen functional groups attached to an aromatic ring is 1. The van der Waals surface area contributed by atoms with E-state index in [2.05, 4.69) is 28.9 Å². The van der Waals surface area contributed by atoms with E-state index in [-0.39, 0.29) is 5.91 Å². The van der Waals surface area contributed by atoms with E-state index in [4.69, 9.17) is 5.73 Å². The molecule has 0 aromatic carbocycles. The Labute approximate surface area is 111 Å². The van der Waals surface area contributed by atoms with Crippen LogP contribution in [0.25, 0.3) is 0 Å². The van der Waals surface area contributed by atoms with Crippen LogP contribution in [0.1, 0.15) is 23.6 Å². The Balaban J connectivity index is 1.88. The minimum atomic E-state index is -0.0478. The Kier molecular flexibility index (Phi) is 4.13. The minimum absolute atomic E-state index is 0.0478. The standard InChI is InChI=1S/C11H19N5OS/c1-8(2)7-15-3-5-16(6-4-15)10(17)9-13-14-11(12)18-9/h8H,3-7H2,1-2H3,(H2,12,14). The van der Waals surface area contributed by atoms with Gasteiger partial charge in [0.15, 0.2) is 0 Å². The molecular weight excluding hydrogens is 250 g/mol. The van der Waals surface area contributed by atoms with E-state index in [9.17, 15) is 4.79 Å². The largest absolute Gasteiger partial charge is 0.374 e. The lowest BCUT2D eigenvalue weighted by Gasteiger charge is -2.35. The number of carbonyl (C=O) groups excluding carboxylic acids is 1. The molecule has 0 radical (unpaired) electrons. The monoisotopic (exact) mass is 269 g/mol. The van der Waals surface area contributed by atoms with E-state index in [1.54, 1.807) is 0 Å². The molecule has 1 amide bonds. The smallest absolute Gasteiger partial charge is 0.284 e. The maximum absolute atomic E-state index is 12.1. The summed E-state index contributed by atoms with van der Waals surface area (Å²) in [6.45, 7) is 8.88. The fraction of sp³-hybridized carbons (Fsp3) is 0.727. The van der Waals surface area contributed by atoms with Crippen LogP contribution in [0.3, 0.4) is 0 Å². The number of hydrogen-bond donors (Lipinski definition) is 1. The topological polar surface area (TPSA) is 75.3 Å². The maximum atomic E-state index is 12.1. The number of rotatable bonds is 3. The molecule has 1 aromatic rings. The molecule has 0 unspecified atom stereocenters. The molecule has 0 bridgehead atoms. The summed E-state index contributed by atoms with van der Waals surface area (Å²) >= 11 is 1.15. The summed E-state index contributed by atoms with van der Waals surface area (Å²) < 4.78 is 0. The third-order valence-corrected chi connectivity index (χ3v) is 3.65. The summed E-state index contributed by atoms with van der Waals surface area (Å²) in [6, 6.07) is 0. The molecular formula is C11H19N5OS. The van der Waals surface area contributed by atoms with Gasteiger partial charge in [-0.1, -0.05) is 25.2 Å². The number of aromatic nitrogens is 2. The highest BCUT2D eigenvalue weighted by Gasteiger charge is 2.24. The molecule has 0 spiro atoms. The van der Waals surface area contributed by atoms with Crippen molar-refractivity contribution in [3.05, 3.63) is 5.01 Å². The summed E-state index contributed by atoms with van der Waals surface area (Å²) in [5.74, 6) is 0.614. The zero-order valence-corrected chi connectivity index (χ0v) is 11.6. The first-order chi connectivity index (χ1) is 8.56. The normalized spacial score (nSPS) is 17.4. The van der Waals surface area contributed by atoms with E-state index in [1.165, 1.54) is 0 Å². The van der Waals surface area contributed by atoms with Crippen LogP contribution < -0.4 is 5.73 Å². The number of amides is 1. The molecule has 1 fully saturated rings. The summed E-state index contributed by atoms with van der Waals surface area (Å²) in [4.78, 5) is 16.3. The van der Waals surface area contributed by atoms with Crippen molar-refractivity contribution in [1.29, 1.82) is 0 Å². The van der Waals surface area contributed by atoms with Crippen LogP contribution in [0.4, 0.5) is 5.13 Å². The van der Waals surface area contributed by atoms with Crippen LogP contribution in [-0.2, 0) is 0 Å². The summed E-state index contributed by atoms with van der Waals surface area (Å²) in [5, 5.41) is 8.21. The fourth-order valence-corrected chi connectivity index (χ4v) is 2.68. The summed E-state index contributed by atoms with van der Waals surface area (Å²) in [5.41, 5.74) is 5.49. The highest BCUT2D eigenvalue weighted by Crippen LogP contribution is 2.15. The van der Waals surface area contributed by atoms with E-state index in [1.807, 2.05) is 4.90 Å². The Morgan fingerprint density at radius 2 is 2.00 bits per heavy atom. The van der Waals surface area contributed by atoms with E-state index in [0.717, 1.165) is 44.1 Å². The van der Waals surface area contributed by atoms with Crippen molar-refractivity contribution < 1.29 is 4.79 Å². The van der Waals surface area contributed by atoms with E-state index < -0.39 is 0 Å². The molecule has 6 nitrogen and oxygen atoms in total. The van der Waals surface area contributed by atoms with Gasteiger partial charge in [-0.05, 0) is 5.92 Å². The van der Waals surface area contributed by atoms with Crippen molar-refractivity contribution in [3.8, 4) is 0 Å². The second-order valence-electron chi connectivity index (χ2n) is 4.93. The first kappa shape index (κ1) is 13.2. The van der Waals surface area contributed by atoms with Gasteiger partial charge in [0.1, 0.15) is 0 Å². The number of carbonyl (C=O) groups is 1. The molecule has 18 heavy (non-hydrogen) atoms. The number of hydrogen-bond acceptors (Lipinski definition) is 6. The minimum Gasteiger partial charge on any atom is -0.374 e. The Hall–Kier alpha value is -1.21. The molecule has 2 N–H and O–H groups in total. The molecule has 0 aliphatic carbocycles. The van der Waals surface area contributed by atoms with Crippen molar-refractivity contribution in [3.63, 3.8) is 0 Å². The second kappa shape index (κ2) is 5.62. The summed E-state index contributed by atoms with van der Waals surface area (Å²) in [6.07, 6.45) is 0. The van der Waals surface area contributed by atoms with Crippen LogP contribution in [-0.4, -0.2) is 58.6 Å². The molecule has 0 saturated carbocycles. The van der Waals surface area contributed by atoms with Gasteiger partial charge < -0.3 is 10.6 Å². The molecule has 7 heteroatoms. The lowest BCUT2D eigenvalue weighted by molar-refractivity contribution is 0.0622. The Morgan fingerprint density at radius 1 is 1.33 bits per heavy atom. The fourth-order valence-electron chi connectivity index (χ4n) is 2.11. The molecule has 1 aromatic heterocycles. The van der Waals surface area contributed by atoms with Crippen LogP contribution >= 0.6 is 11.3 Å². The number of nitrogens with zero attached hydrogens (tertiary/aromatic N) is 4. The van der Waals surface area contributed by atoms with Gasteiger partial charge in [0, 0.05) is 32.7 Å². The van der Waals surface area contributed by atoms with Crippen LogP contribution in [0.15, 0.2) is 0 Å².